The molecule has 20 heavy (non-hydrogen) atoms. The lowest BCUT2D eigenvalue weighted by Crippen LogP contribution is -2.22. The van der Waals surface area contributed by atoms with E-state index >= 15 is 0 Å². The summed E-state index contributed by atoms with van der Waals surface area (Å²) < 4.78 is 0. The standard InChI is InChI=1S/C15H25N3OS/c1-10(8-15(2,3)4)7-13(19)18-14-17-11-5-6-16-9-12(11)20-14/h10,16H,5-9H2,1-4H3,(H,17,18,19). The zero-order valence-electron chi connectivity index (χ0n) is 12.9. The summed E-state index contributed by atoms with van der Waals surface area (Å²) in [7, 11) is 0. The van der Waals surface area contributed by atoms with Gasteiger partial charge in [0.1, 0.15) is 0 Å². The van der Waals surface area contributed by atoms with Gasteiger partial charge in [0.25, 0.3) is 0 Å². The molecule has 1 atom stereocenters. The molecule has 4 nitrogen and oxygen atoms in total. The highest BCUT2D eigenvalue weighted by Crippen LogP contribution is 2.28. The normalized spacial score (nSPS) is 16.6. The third kappa shape index (κ3) is 4.56. The number of carbonyl (C=O) groups is 1. The minimum atomic E-state index is 0.0841. The van der Waals surface area contributed by atoms with Crippen LogP contribution in [0.5, 0.6) is 0 Å². The van der Waals surface area contributed by atoms with Gasteiger partial charge < -0.3 is 10.6 Å². The first kappa shape index (κ1) is 15.4. The van der Waals surface area contributed by atoms with Crippen LogP contribution in [0.3, 0.4) is 0 Å². The van der Waals surface area contributed by atoms with Crippen molar-refractivity contribution < 1.29 is 4.79 Å². The summed E-state index contributed by atoms with van der Waals surface area (Å²) in [5.74, 6) is 0.479. The number of hydrogen-bond donors (Lipinski definition) is 2. The van der Waals surface area contributed by atoms with Gasteiger partial charge in [0.2, 0.25) is 5.91 Å². The largest absolute Gasteiger partial charge is 0.311 e. The lowest BCUT2D eigenvalue weighted by molar-refractivity contribution is -0.117. The first-order valence-corrected chi connectivity index (χ1v) is 8.14. The number of amides is 1. The number of nitrogens with one attached hydrogen (secondary N) is 2. The lowest BCUT2D eigenvalue weighted by atomic mass is 9.84. The molecular weight excluding hydrogens is 270 g/mol. The number of carbonyl (C=O) groups excluding carboxylic acids is 1. The first-order valence-electron chi connectivity index (χ1n) is 7.32. The Hall–Kier alpha value is -0.940. The molecule has 0 spiro atoms. The topological polar surface area (TPSA) is 54.0 Å². The second-order valence-corrected chi connectivity index (χ2v) is 8.02. The SMILES string of the molecule is CC(CC(=O)Nc1nc2c(s1)CNCC2)CC(C)(C)C. The van der Waals surface area contributed by atoms with Crippen molar-refractivity contribution in [2.45, 2.75) is 53.5 Å². The number of anilines is 1. The fourth-order valence-electron chi connectivity index (χ4n) is 2.78. The smallest absolute Gasteiger partial charge is 0.226 e. The fraction of sp³-hybridized carbons (Fsp3) is 0.733. The summed E-state index contributed by atoms with van der Waals surface area (Å²) in [6.45, 7) is 10.6. The molecule has 5 heteroatoms. The molecule has 0 bridgehead atoms. The number of aromatic nitrogens is 1. The number of thiazole rings is 1. The average molecular weight is 295 g/mol. The Morgan fingerprint density at radius 2 is 2.25 bits per heavy atom. The Kier molecular flexibility index (Phi) is 4.81. The average Bonchev–Trinajstić information content (AvgIpc) is 2.67. The monoisotopic (exact) mass is 295 g/mol. The maximum absolute atomic E-state index is 12.1. The van der Waals surface area contributed by atoms with Crippen LogP contribution in [0.2, 0.25) is 0 Å². The number of nitrogens with zero attached hydrogens (tertiary/aromatic N) is 1. The predicted molar refractivity (Wildman–Crippen MR) is 84.0 cm³/mol. The van der Waals surface area contributed by atoms with Crippen molar-refractivity contribution >= 4 is 22.4 Å². The molecule has 1 unspecified atom stereocenters. The van der Waals surface area contributed by atoms with Gasteiger partial charge in [-0.1, -0.05) is 27.7 Å². The van der Waals surface area contributed by atoms with Crippen LogP contribution in [0.25, 0.3) is 0 Å². The molecule has 2 N–H and O–H groups in total. The van der Waals surface area contributed by atoms with Crippen LogP contribution in [-0.4, -0.2) is 17.4 Å². The summed E-state index contributed by atoms with van der Waals surface area (Å²) >= 11 is 1.60. The van der Waals surface area contributed by atoms with E-state index in [1.807, 2.05) is 0 Å². The van der Waals surface area contributed by atoms with Gasteiger partial charge in [-0.25, -0.2) is 4.98 Å². The van der Waals surface area contributed by atoms with E-state index in [2.05, 4.69) is 43.3 Å². The van der Waals surface area contributed by atoms with Crippen LogP contribution >= 0.6 is 11.3 Å². The van der Waals surface area contributed by atoms with Gasteiger partial charge in [-0.15, -0.1) is 11.3 Å². The van der Waals surface area contributed by atoms with Crippen LogP contribution in [0.4, 0.5) is 5.13 Å². The third-order valence-corrected chi connectivity index (χ3v) is 4.36. The lowest BCUT2D eigenvalue weighted by Gasteiger charge is -2.22. The van der Waals surface area contributed by atoms with Crippen LogP contribution in [0, 0.1) is 11.3 Å². The maximum atomic E-state index is 12.1. The highest BCUT2D eigenvalue weighted by Gasteiger charge is 2.19. The number of rotatable bonds is 4. The maximum Gasteiger partial charge on any atom is 0.226 e. The van der Waals surface area contributed by atoms with Gasteiger partial charge >= 0.3 is 0 Å². The Bertz CT molecular complexity index is 452. The molecule has 1 aliphatic rings. The van der Waals surface area contributed by atoms with E-state index in [9.17, 15) is 4.79 Å². The van der Waals surface area contributed by atoms with Gasteiger partial charge in [0.05, 0.1) is 5.69 Å². The summed E-state index contributed by atoms with van der Waals surface area (Å²) in [4.78, 5) is 17.8. The van der Waals surface area contributed by atoms with Crippen molar-refractivity contribution in [3.63, 3.8) is 0 Å². The molecule has 1 aliphatic heterocycles. The fourth-order valence-corrected chi connectivity index (χ4v) is 3.78. The van der Waals surface area contributed by atoms with Gasteiger partial charge in [-0.3, -0.25) is 4.79 Å². The summed E-state index contributed by atoms with van der Waals surface area (Å²) in [6, 6.07) is 0. The molecular formula is C15H25N3OS. The Morgan fingerprint density at radius 1 is 1.50 bits per heavy atom. The van der Waals surface area contributed by atoms with E-state index < -0.39 is 0 Å². The molecule has 0 radical (unpaired) electrons. The Balaban J connectivity index is 1.86. The van der Waals surface area contributed by atoms with Gasteiger partial charge in [-0.2, -0.15) is 0 Å². The van der Waals surface area contributed by atoms with Crippen LogP contribution in [0.1, 0.15) is 51.1 Å². The van der Waals surface area contributed by atoms with Crippen molar-refractivity contribution in [2.24, 2.45) is 11.3 Å². The second kappa shape index (κ2) is 6.22. The molecule has 112 valence electrons. The molecule has 0 saturated carbocycles. The Morgan fingerprint density at radius 3 is 2.90 bits per heavy atom. The molecule has 0 aromatic carbocycles. The van der Waals surface area contributed by atoms with Crippen molar-refractivity contribution in [3.05, 3.63) is 10.6 Å². The summed E-state index contributed by atoms with van der Waals surface area (Å²) in [5, 5.41) is 7.04. The predicted octanol–water partition coefficient (Wildman–Crippen LogP) is 3.19. The minimum Gasteiger partial charge on any atom is -0.311 e. The summed E-state index contributed by atoms with van der Waals surface area (Å²) in [6.07, 6.45) is 2.58. The number of hydrogen-bond acceptors (Lipinski definition) is 4. The molecule has 1 aromatic rings. The van der Waals surface area contributed by atoms with E-state index in [1.54, 1.807) is 11.3 Å². The van der Waals surface area contributed by atoms with Gasteiger partial charge in [0, 0.05) is 30.8 Å². The Labute approximate surface area is 125 Å². The molecule has 2 rings (SSSR count). The van der Waals surface area contributed by atoms with Crippen LogP contribution in [0.15, 0.2) is 0 Å². The zero-order valence-corrected chi connectivity index (χ0v) is 13.7. The summed E-state index contributed by atoms with van der Waals surface area (Å²) in [5.41, 5.74) is 1.41. The molecule has 1 aromatic heterocycles. The zero-order chi connectivity index (χ0) is 14.8. The van der Waals surface area contributed by atoms with Crippen molar-refractivity contribution in [3.8, 4) is 0 Å². The van der Waals surface area contributed by atoms with Crippen molar-refractivity contribution in [1.82, 2.24) is 10.3 Å². The van der Waals surface area contributed by atoms with E-state index in [-0.39, 0.29) is 11.3 Å². The quantitative estimate of drug-likeness (QED) is 0.897. The minimum absolute atomic E-state index is 0.0841. The molecule has 1 amide bonds. The molecule has 0 aliphatic carbocycles. The van der Waals surface area contributed by atoms with Crippen LogP contribution < -0.4 is 10.6 Å². The van der Waals surface area contributed by atoms with E-state index in [0.29, 0.717) is 12.3 Å². The third-order valence-electron chi connectivity index (χ3n) is 3.34. The number of fused-ring (bicyclic) bond motifs is 1. The first-order chi connectivity index (χ1) is 9.33. The molecule has 2 heterocycles. The van der Waals surface area contributed by atoms with E-state index in [0.717, 1.165) is 36.8 Å². The van der Waals surface area contributed by atoms with Crippen molar-refractivity contribution in [1.29, 1.82) is 0 Å². The highest BCUT2D eigenvalue weighted by molar-refractivity contribution is 7.15. The van der Waals surface area contributed by atoms with Gasteiger partial charge in [-0.05, 0) is 17.8 Å². The second-order valence-electron chi connectivity index (χ2n) is 6.94. The van der Waals surface area contributed by atoms with Crippen LogP contribution in [-0.2, 0) is 17.8 Å². The highest BCUT2D eigenvalue weighted by atomic mass is 32.1. The molecule has 0 saturated heterocycles. The van der Waals surface area contributed by atoms with E-state index in [4.69, 9.17) is 0 Å². The van der Waals surface area contributed by atoms with Crippen molar-refractivity contribution in [2.75, 3.05) is 11.9 Å². The van der Waals surface area contributed by atoms with E-state index in [1.165, 1.54) is 4.88 Å². The molecule has 0 fully saturated rings. The van der Waals surface area contributed by atoms with Gasteiger partial charge in [0.15, 0.2) is 5.13 Å².